The number of alkyl halides is 3. The van der Waals surface area contributed by atoms with Gasteiger partial charge in [-0.25, -0.2) is 0 Å². The molecular weight excluding hydrogens is 341 g/mol. The third-order valence-corrected chi connectivity index (χ3v) is 3.46. The Labute approximate surface area is 141 Å². The lowest BCUT2D eigenvalue weighted by Crippen LogP contribution is -2.36. The van der Waals surface area contributed by atoms with E-state index in [0.29, 0.717) is 21.7 Å². The Hall–Kier alpha value is -2.48. The van der Waals surface area contributed by atoms with Crippen molar-refractivity contribution in [3.8, 4) is 0 Å². The highest BCUT2D eigenvalue weighted by atomic mass is 32.1. The minimum atomic E-state index is -4.91. The third kappa shape index (κ3) is 4.76. The highest BCUT2D eigenvalue weighted by Gasteiger charge is 2.38. The van der Waals surface area contributed by atoms with E-state index in [1.165, 1.54) is 24.3 Å². The first-order chi connectivity index (χ1) is 11.3. The number of carbonyl (C=O) groups is 2. The van der Waals surface area contributed by atoms with Gasteiger partial charge in [0.1, 0.15) is 0 Å². The Morgan fingerprint density at radius 2 is 1.62 bits per heavy atom. The van der Waals surface area contributed by atoms with Gasteiger partial charge >= 0.3 is 12.1 Å². The van der Waals surface area contributed by atoms with E-state index in [1.807, 2.05) is 0 Å². The third-order valence-electron chi connectivity index (χ3n) is 3.07. The Bertz CT molecular complexity index is 746. The fourth-order valence-electron chi connectivity index (χ4n) is 1.85. The van der Waals surface area contributed by atoms with Gasteiger partial charge in [-0.15, -0.1) is 12.6 Å². The standard InChI is InChI=1S/C16H13F3N2O2S/c17-16(18,19)15(23)20-9-10-5-7-11(8-6-10)21-14(22)12-3-1-2-4-13(12)24/h1-8,24H,9H2,(H,20,23)(H,21,22). The monoisotopic (exact) mass is 354 g/mol. The molecule has 0 saturated carbocycles. The maximum atomic E-state index is 12.1. The summed E-state index contributed by atoms with van der Waals surface area (Å²) in [6.07, 6.45) is -4.91. The quantitative estimate of drug-likeness (QED) is 0.737. The number of hydrogen-bond acceptors (Lipinski definition) is 3. The van der Waals surface area contributed by atoms with Crippen LogP contribution in [0.3, 0.4) is 0 Å². The number of nitrogens with one attached hydrogen (secondary N) is 2. The zero-order valence-corrected chi connectivity index (χ0v) is 13.1. The highest BCUT2D eigenvalue weighted by molar-refractivity contribution is 7.80. The number of benzene rings is 2. The van der Waals surface area contributed by atoms with Crippen LogP contribution in [0.4, 0.5) is 18.9 Å². The van der Waals surface area contributed by atoms with Crippen molar-refractivity contribution in [3.05, 3.63) is 59.7 Å². The molecule has 0 atom stereocenters. The number of rotatable bonds is 4. The molecule has 24 heavy (non-hydrogen) atoms. The lowest BCUT2D eigenvalue weighted by Gasteiger charge is -2.10. The van der Waals surface area contributed by atoms with Gasteiger partial charge in [0, 0.05) is 17.1 Å². The van der Waals surface area contributed by atoms with Crippen molar-refractivity contribution >= 4 is 30.1 Å². The molecule has 8 heteroatoms. The molecule has 0 aliphatic heterocycles. The second-order valence-corrected chi connectivity index (χ2v) is 5.33. The van der Waals surface area contributed by atoms with Gasteiger partial charge in [0.25, 0.3) is 5.91 Å². The normalized spacial score (nSPS) is 11.0. The zero-order chi connectivity index (χ0) is 17.7. The van der Waals surface area contributed by atoms with Crippen molar-refractivity contribution in [1.29, 1.82) is 0 Å². The molecule has 0 fully saturated rings. The van der Waals surface area contributed by atoms with Crippen LogP contribution in [0, 0.1) is 0 Å². The molecule has 2 N–H and O–H groups in total. The Balaban J connectivity index is 1.96. The van der Waals surface area contributed by atoms with E-state index in [9.17, 15) is 22.8 Å². The van der Waals surface area contributed by atoms with Gasteiger partial charge in [0.2, 0.25) is 0 Å². The van der Waals surface area contributed by atoms with Crippen LogP contribution >= 0.6 is 12.6 Å². The average Bonchev–Trinajstić information content (AvgIpc) is 2.53. The number of hydrogen-bond donors (Lipinski definition) is 3. The van der Waals surface area contributed by atoms with Crippen molar-refractivity contribution in [2.24, 2.45) is 0 Å². The summed E-state index contributed by atoms with van der Waals surface area (Å²) in [5.74, 6) is -2.34. The Morgan fingerprint density at radius 1 is 1.00 bits per heavy atom. The predicted octanol–water partition coefficient (Wildman–Crippen LogP) is 3.41. The zero-order valence-electron chi connectivity index (χ0n) is 12.2. The minimum absolute atomic E-state index is 0.258. The lowest BCUT2D eigenvalue weighted by molar-refractivity contribution is -0.173. The van der Waals surface area contributed by atoms with Gasteiger partial charge in [0.15, 0.2) is 0 Å². The van der Waals surface area contributed by atoms with Gasteiger partial charge in [-0.05, 0) is 29.8 Å². The molecule has 0 saturated heterocycles. The number of carbonyl (C=O) groups excluding carboxylic acids is 2. The Kier molecular flexibility index (Phi) is 5.50. The van der Waals surface area contributed by atoms with Gasteiger partial charge in [-0.1, -0.05) is 24.3 Å². The van der Waals surface area contributed by atoms with Crippen LogP contribution in [-0.2, 0) is 11.3 Å². The van der Waals surface area contributed by atoms with E-state index in [4.69, 9.17) is 0 Å². The number of anilines is 1. The van der Waals surface area contributed by atoms with Crippen molar-refractivity contribution in [2.45, 2.75) is 17.6 Å². The van der Waals surface area contributed by atoms with Gasteiger partial charge in [0.05, 0.1) is 5.56 Å². The van der Waals surface area contributed by atoms with E-state index < -0.39 is 12.1 Å². The van der Waals surface area contributed by atoms with Crippen molar-refractivity contribution in [3.63, 3.8) is 0 Å². The summed E-state index contributed by atoms with van der Waals surface area (Å²) in [4.78, 5) is 23.4. The van der Waals surface area contributed by atoms with Crippen LogP contribution < -0.4 is 10.6 Å². The summed E-state index contributed by atoms with van der Waals surface area (Å²) in [6, 6.07) is 12.9. The summed E-state index contributed by atoms with van der Waals surface area (Å²) < 4.78 is 36.3. The summed E-state index contributed by atoms with van der Waals surface area (Å²) >= 11 is 4.20. The average molecular weight is 354 g/mol. The first kappa shape index (κ1) is 17.9. The van der Waals surface area contributed by atoms with Crippen LogP contribution in [0.2, 0.25) is 0 Å². The molecule has 0 unspecified atom stereocenters. The van der Waals surface area contributed by atoms with E-state index >= 15 is 0 Å². The summed E-state index contributed by atoms with van der Waals surface area (Å²) in [5, 5.41) is 4.43. The van der Waals surface area contributed by atoms with E-state index in [2.05, 4.69) is 17.9 Å². The molecular formula is C16H13F3N2O2S. The summed E-state index contributed by atoms with van der Waals surface area (Å²) in [6.45, 7) is -0.258. The minimum Gasteiger partial charge on any atom is -0.344 e. The van der Waals surface area contributed by atoms with Crippen LogP contribution in [0.5, 0.6) is 0 Å². The molecule has 2 amide bonds. The Morgan fingerprint density at radius 3 is 2.21 bits per heavy atom. The van der Waals surface area contributed by atoms with Gasteiger partial charge in [-0.3, -0.25) is 9.59 Å². The summed E-state index contributed by atoms with van der Waals surface area (Å²) in [5.41, 5.74) is 1.35. The van der Waals surface area contributed by atoms with Crippen LogP contribution in [0.25, 0.3) is 0 Å². The topological polar surface area (TPSA) is 58.2 Å². The molecule has 0 radical (unpaired) electrons. The van der Waals surface area contributed by atoms with Crippen molar-refractivity contribution in [2.75, 3.05) is 5.32 Å². The molecule has 0 heterocycles. The van der Waals surface area contributed by atoms with E-state index in [-0.39, 0.29) is 12.5 Å². The van der Waals surface area contributed by atoms with Gasteiger partial charge < -0.3 is 10.6 Å². The molecule has 0 aliphatic rings. The first-order valence-corrected chi connectivity index (χ1v) is 7.25. The van der Waals surface area contributed by atoms with Crippen LogP contribution in [-0.4, -0.2) is 18.0 Å². The summed E-state index contributed by atoms with van der Waals surface area (Å²) in [7, 11) is 0. The molecule has 0 aliphatic carbocycles. The maximum absolute atomic E-state index is 12.1. The first-order valence-electron chi connectivity index (χ1n) is 6.80. The lowest BCUT2D eigenvalue weighted by atomic mass is 10.1. The van der Waals surface area contributed by atoms with Gasteiger partial charge in [-0.2, -0.15) is 13.2 Å². The molecule has 2 aromatic rings. The molecule has 2 aromatic carbocycles. The molecule has 0 bridgehead atoms. The molecule has 0 aromatic heterocycles. The number of thiol groups is 1. The molecule has 0 spiro atoms. The fourth-order valence-corrected chi connectivity index (χ4v) is 2.11. The highest BCUT2D eigenvalue weighted by Crippen LogP contribution is 2.17. The maximum Gasteiger partial charge on any atom is 0.471 e. The van der Waals surface area contributed by atoms with E-state index in [1.54, 1.807) is 29.6 Å². The van der Waals surface area contributed by atoms with Crippen molar-refractivity contribution < 1.29 is 22.8 Å². The molecule has 2 rings (SSSR count). The molecule has 126 valence electrons. The van der Waals surface area contributed by atoms with Crippen LogP contribution in [0.15, 0.2) is 53.4 Å². The second-order valence-electron chi connectivity index (χ2n) is 4.85. The SMILES string of the molecule is O=C(Nc1ccc(CNC(=O)C(F)(F)F)cc1)c1ccccc1S. The predicted molar refractivity (Wildman–Crippen MR) is 86.0 cm³/mol. The smallest absolute Gasteiger partial charge is 0.344 e. The van der Waals surface area contributed by atoms with Crippen molar-refractivity contribution in [1.82, 2.24) is 5.32 Å². The fraction of sp³-hybridized carbons (Fsp3) is 0.125. The number of halogens is 3. The van der Waals surface area contributed by atoms with Crippen LogP contribution in [0.1, 0.15) is 15.9 Å². The number of amides is 2. The largest absolute Gasteiger partial charge is 0.471 e. The molecule has 4 nitrogen and oxygen atoms in total. The van der Waals surface area contributed by atoms with E-state index in [0.717, 1.165) is 0 Å². The second kappa shape index (κ2) is 7.39.